The summed E-state index contributed by atoms with van der Waals surface area (Å²) in [5.74, 6) is 2.13. The molecule has 2 heterocycles. The molecular formula is C19H24N6O2S. The van der Waals surface area contributed by atoms with Crippen LogP contribution in [0.2, 0.25) is 0 Å². The van der Waals surface area contributed by atoms with Crippen LogP contribution in [0, 0.1) is 27.7 Å². The van der Waals surface area contributed by atoms with Crippen molar-refractivity contribution >= 4 is 15.8 Å². The van der Waals surface area contributed by atoms with E-state index in [0.29, 0.717) is 23.1 Å². The second-order valence-corrected chi connectivity index (χ2v) is 8.36. The highest BCUT2D eigenvalue weighted by atomic mass is 32.2. The highest BCUT2D eigenvalue weighted by molar-refractivity contribution is 7.89. The van der Waals surface area contributed by atoms with Crippen molar-refractivity contribution in [2.45, 2.75) is 32.6 Å². The van der Waals surface area contributed by atoms with Gasteiger partial charge in [0.1, 0.15) is 23.8 Å². The van der Waals surface area contributed by atoms with Gasteiger partial charge in [0, 0.05) is 31.5 Å². The Morgan fingerprint density at radius 2 is 1.68 bits per heavy atom. The quantitative estimate of drug-likeness (QED) is 0.590. The van der Waals surface area contributed by atoms with Crippen LogP contribution in [0.5, 0.6) is 0 Å². The van der Waals surface area contributed by atoms with Crippen molar-refractivity contribution in [2.75, 3.05) is 18.4 Å². The highest BCUT2D eigenvalue weighted by Crippen LogP contribution is 2.21. The number of rotatable bonds is 7. The molecule has 0 saturated carbocycles. The van der Waals surface area contributed by atoms with Gasteiger partial charge in [-0.05, 0) is 38.8 Å². The van der Waals surface area contributed by atoms with Crippen LogP contribution in [0.3, 0.4) is 0 Å². The predicted molar refractivity (Wildman–Crippen MR) is 108 cm³/mol. The van der Waals surface area contributed by atoms with Crippen molar-refractivity contribution in [2.24, 2.45) is 0 Å². The maximum Gasteiger partial charge on any atom is 0.241 e. The van der Waals surface area contributed by atoms with Gasteiger partial charge in [-0.2, -0.15) is 0 Å². The van der Waals surface area contributed by atoms with E-state index in [9.17, 15) is 8.42 Å². The van der Waals surface area contributed by atoms with Crippen LogP contribution in [0.1, 0.15) is 22.5 Å². The number of nitrogens with zero attached hydrogens (tertiary/aromatic N) is 4. The van der Waals surface area contributed by atoms with E-state index in [1.54, 1.807) is 12.3 Å². The zero-order chi connectivity index (χ0) is 20.3. The van der Waals surface area contributed by atoms with E-state index >= 15 is 0 Å². The average molecular weight is 401 g/mol. The third-order valence-corrected chi connectivity index (χ3v) is 6.09. The van der Waals surface area contributed by atoms with Crippen LogP contribution >= 0.6 is 0 Å². The molecule has 0 unspecified atom stereocenters. The number of hydrogen-bond acceptors (Lipinski definition) is 6. The minimum Gasteiger partial charge on any atom is -0.369 e. The first kappa shape index (κ1) is 20.0. The maximum atomic E-state index is 12.7. The number of nitrogens with one attached hydrogen (secondary N) is 2. The van der Waals surface area contributed by atoms with Gasteiger partial charge in [-0.1, -0.05) is 17.7 Å². The van der Waals surface area contributed by atoms with Gasteiger partial charge in [-0.3, -0.25) is 4.57 Å². The third-order valence-electron chi connectivity index (χ3n) is 4.32. The first-order chi connectivity index (χ1) is 13.3. The number of aromatic nitrogens is 4. The molecule has 0 bridgehead atoms. The molecule has 0 spiro atoms. The van der Waals surface area contributed by atoms with E-state index in [0.717, 1.165) is 22.5 Å². The number of imidazole rings is 1. The van der Waals surface area contributed by atoms with E-state index in [1.165, 1.54) is 6.33 Å². The van der Waals surface area contributed by atoms with Crippen molar-refractivity contribution < 1.29 is 8.42 Å². The molecule has 0 saturated heterocycles. The average Bonchev–Trinajstić information content (AvgIpc) is 3.04. The molecule has 9 heteroatoms. The van der Waals surface area contributed by atoms with E-state index in [4.69, 9.17) is 0 Å². The summed E-state index contributed by atoms with van der Waals surface area (Å²) in [5, 5.41) is 3.12. The Kier molecular flexibility index (Phi) is 5.76. The lowest BCUT2D eigenvalue weighted by Crippen LogP contribution is -2.30. The summed E-state index contributed by atoms with van der Waals surface area (Å²) in [7, 11) is -3.58. The smallest absolute Gasteiger partial charge is 0.241 e. The second-order valence-electron chi connectivity index (χ2n) is 6.66. The molecule has 0 atom stereocenters. The number of anilines is 1. The molecule has 0 amide bonds. The van der Waals surface area contributed by atoms with Crippen LogP contribution in [0.15, 0.2) is 41.8 Å². The minimum absolute atomic E-state index is 0.235. The summed E-state index contributed by atoms with van der Waals surface area (Å²) >= 11 is 0. The number of benzene rings is 1. The van der Waals surface area contributed by atoms with Crippen LogP contribution in [-0.2, 0) is 10.0 Å². The van der Waals surface area contributed by atoms with E-state index in [1.807, 2.05) is 50.6 Å². The first-order valence-electron chi connectivity index (χ1n) is 8.91. The van der Waals surface area contributed by atoms with E-state index < -0.39 is 10.0 Å². The topological polar surface area (TPSA) is 102 Å². The molecule has 0 aliphatic rings. The van der Waals surface area contributed by atoms with Crippen LogP contribution in [0.25, 0.3) is 5.82 Å². The fourth-order valence-corrected chi connectivity index (χ4v) is 4.72. The Labute approximate surface area is 165 Å². The second kappa shape index (κ2) is 8.07. The standard InChI is InChI=1S/C19H24N6O2S/c1-13-9-14(2)19(15(3)10-13)28(26,27)24-6-5-21-17-11-18(23-12-22-17)25-8-7-20-16(25)4/h7-12,24H,5-6H2,1-4H3,(H,21,22,23). The zero-order valence-corrected chi connectivity index (χ0v) is 17.2. The van der Waals surface area contributed by atoms with Crippen LogP contribution in [-0.4, -0.2) is 41.0 Å². The Bertz CT molecular complexity index is 1070. The summed E-state index contributed by atoms with van der Waals surface area (Å²) in [4.78, 5) is 12.9. The largest absolute Gasteiger partial charge is 0.369 e. The molecule has 2 aromatic heterocycles. The van der Waals surface area contributed by atoms with Crippen molar-refractivity contribution in [3.8, 4) is 5.82 Å². The summed E-state index contributed by atoms with van der Waals surface area (Å²) in [6, 6.07) is 5.54. The summed E-state index contributed by atoms with van der Waals surface area (Å²) in [5.41, 5.74) is 2.53. The summed E-state index contributed by atoms with van der Waals surface area (Å²) in [6.45, 7) is 8.09. The Morgan fingerprint density at radius 3 is 2.32 bits per heavy atom. The number of aryl methyl sites for hydroxylation is 4. The first-order valence-corrected chi connectivity index (χ1v) is 10.4. The van der Waals surface area contributed by atoms with E-state index in [2.05, 4.69) is 25.0 Å². The van der Waals surface area contributed by atoms with Gasteiger partial charge in [0.2, 0.25) is 10.0 Å². The van der Waals surface area contributed by atoms with Gasteiger partial charge >= 0.3 is 0 Å². The molecule has 1 aromatic carbocycles. The van der Waals surface area contributed by atoms with Crippen LogP contribution < -0.4 is 10.0 Å². The summed E-state index contributed by atoms with van der Waals surface area (Å²) in [6.07, 6.45) is 4.98. The van der Waals surface area contributed by atoms with Gasteiger partial charge < -0.3 is 5.32 Å². The fraction of sp³-hybridized carbons (Fsp3) is 0.316. The molecule has 0 aliphatic carbocycles. The number of sulfonamides is 1. The summed E-state index contributed by atoms with van der Waals surface area (Å²) < 4.78 is 29.8. The molecule has 0 aliphatic heterocycles. The molecule has 8 nitrogen and oxygen atoms in total. The molecular weight excluding hydrogens is 376 g/mol. The van der Waals surface area contributed by atoms with Crippen molar-refractivity contribution in [1.29, 1.82) is 0 Å². The molecule has 148 valence electrons. The van der Waals surface area contributed by atoms with Gasteiger partial charge in [0.25, 0.3) is 0 Å². The van der Waals surface area contributed by atoms with Gasteiger partial charge in [0.05, 0.1) is 4.90 Å². The van der Waals surface area contributed by atoms with E-state index in [-0.39, 0.29) is 6.54 Å². The third kappa shape index (κ3) is 4.37. The van der Waals surface area contributed by atoms with Crippen molar-refractivity contribution in [1.82, 2.24) is 24.2 Å². The Balaban J connectivity index is 1.63. The maximum absolute atomic E-state index is 12.7. The molecule has 3 aromatic rings. The monoisotopic (exact) mass is 400 g/mol. The normalized spacial score (nSPS) is 11.6. The lowest BCUT2D eigenvalue weighted by molar-refractivity contribution is 0.581. The number of hydrogen-bond donors (Lipinski definition) is 2. The predicted octanol–water partition coefficient (Wildman–Crippen LogP) is 2.29. The van der Waals surface area contributed by atoms with Crippen molar-refractivity contribution in [3.05, 3.63) is 59.4 Å². The SMILES string of the molecule is Cc1cc(C)c(S(=O)(=O)NCCNc2cc(-n3ccnc3C)ncn2)c(C)c1. The molecule has 3 rings (SSSR count). The molecule has 0 fully saturated rings. The van der Waals surface area contributed by atoms with Gasteiger partial charge in [-0.15, -0.1) is 0 Å². The fourth-order valence-electron chi connectivity index (χ4n) is 3.23. The van der Waals surface area contributed by atoms with Crippen molar-refractivity contribution in [3.63, 3.8) is 0 Å². The minimum atomic E-state index is -3.58. The van der Waals surface area contributed by atoms with Gasteiger partial charge in [0.15, 0.2) is 0 Å². The van der Waals surface area contributed by atoms with Gasteiger partial charge in [-0.25, -0.2) is 28.1 Å². The highest BCUT2D eigenvalue weighted by Gasteiger charge is 2.19. The lowest BCUT2D eigenvalue weighted by Gasteiger charge is -2.13. The molecule has 28 heavy (non-hydrogen) atoms. The molecule has 2 N–H and O–H groups in total. The zero-order valence-electron chi connectivity index (χ0n) is 16.4. The van der Waals surface area contributed by atoms with Crippen LogP contribution in [0.4, 0.5) is 5.82 Å². The molecule has 0 radical (unpaired) electrons. The Hall–Kier alpha value is -2.78. The Morgan fingerprint density at radius 1 is 0.964 bits per heavy atom. The lowest BCUT2D eigenvalue weighted by atomic mass is 10.1.